The molecule has 0 atom stereocenters. The summed E-state index contributed by atoms with van der Waals surface area (Å²) in [6.07, 6.45) is 2.42. The normalized spacial score (nSPS) is 17.6. The SMILES string of the molecule is S=C(NCC1CCN(Cc2ccccc2)CC1)Nc1ccc2nc(N3CCNCC3)ccc2c1. The van der Waals surface area contributed by atoms with E-state index < -0.39 is 0 Å². The number of piperidine rings is 1. The summed E-state index contributed by atoms with van der Waals surface area (Å²) < 4.78 is 0. The Morgan fingerprint density at radius 1 is 0.971 bits per heavy atom. The summed E-state index contributed by atoms with van der Waals surface area (Å²) in [5, 5.41) is 12.0. The minimum atomic E-state index is 0.663. The fraction of sp³-hybridized carbons (Fsp3) is 0.407. The molecule has 2 fully saturated rings. The second-order valence-corrected chi connectivity index (χ2v) is 9.76. The summed E-state index contributed by atoms with van der Waals surface area (Å²) in [6, 6.07) is 21.3. The highest BCUT2D eigenvalue weighted by molar-refractivity contribution is 7.80. The zero-order chi connectivity index (χ0) is 23.2. The highest BCUT2D eigenvalue weighted by Crippen LogP contribution is 2.22. The number of likely N-dealkylation sites (tertiary alicyclic amines) is 1. The smallest absolute Gasteiger partial charge is 0.170 e. The molecule has 178 valence electrons. The molecule has 2 aliphatic rings. The molecule has 0 spiro atoms. The Hall–Kier alpha value is -2.74. The third-order valence-electron chi connectivity index (χ3n) is 6.88. The molecule has 5 rings (SSSR count). The average Bonchev–Trinajstić information content (AvgIpc) is 2.89. The summed E-state index contributed by atoms with van der Waals surface area (Å²) >= 11 is 5.58. The van der Waals surface area contributed by atoms with Gasteiger partial charge in [0, 0.05) is 50.3 Å². The molecule has 0 saturated carbocycles. The van der Waals surface area contributed by atoms with E-state index in [9.17, 15) is 0 Å². The van der Waals surface area contributed by atoms with Crippen molar-refractivity contribution in [2.45, 2.75) is 19.4 Å². The van der Waals surface area contributed by atoms with Crippen LogP contribution in [0.5, 0.6) is 0 Å². The number of nitrogens with zero attached hydrogens (tertiary/aromatic N) is 3. The Kier molecular flexibility index (Phi) is 7.53. The lowest BCUT2D eigenvalue weighted by Crippen LogP contribution is -2.43. The highest BCUT2D eigenvalue weighted by atomic mass is 32.1. The van der Waals surface area contributed by atoms with Crippen molar-refractivity contribution in [1.82, 2.24) is 20.5 Å². The molecule has 0 bridgehead atoms. The van der Waals surface area contributed by atoms with Crippen molar-refractivity contribution < 1.29 is 0 Å². The van der Waals surface area contributed by atoms with Gasteiger partial charge in [-0.25, -0.2) is 4.98 Å². The molecule has 2 saturated heterocycles. The molecular weight excluding hydrogens is 440 g/mol. The summed E-state index contributed by atoms with van der Waals surface area (Å²) in [7, 11) is 0. The van der Waals surface area contributed by atoms with E-state index in [-0.39, 0.29) is 0 Å². The number of rotatable bonds is 6. The molecule has 3 N–H and O–H groups in total. The van der Waals surface area contributed by atoms with Crippen LogP contribution in [0.4, 0.5) is 11.5 Å². The van der Waals surface area contributed by atoms with Gasteiger partial charge in [-0.3, -0.25) is 4.90 Å². The number of nitrogens with one attached hydrogen (secondary N) is 3. The maximum Gasteiger partial charge on any atom is 0.170 e. The fourth-order valence-electron chi connectivity index (χ4n) is 4.87. The van der Waals surface area contributed by atoms with Gasteiger partial charge >= 0.3 is 0 Å². The lowest BCUT2D eigenvalue weighted by Gasteiger charge is -2.32. The van der Waals surface area contributed by atoms with E-state index in [4.69, 9.17) is 17.2 Å². The van der Waals surface area contributed by atoms with E-state index in [1.54, 1.807) is 0 Å². The van der Waals surface area contributed by atoms with E-state index in [2.05, 4.69) is 86.4 Å². The van der Waals surface area contributed by atoms with Gasteiger partial charge < -0.3 is 20.9 Å². The highest BCUT2D eigenvalue weighted by Gasteiger charge is 2.19. The van der Waals surface area contributed by atoms with Crippen LogP contribution in [0.15, 0.2) is 60.7 Å². The maximum absolute atomic E-state index is 5.58. The van der Waals surface area contributed by atoms with Gasteiger partial charge in [-0.05, 0) is 80.0 Å². The van der Waals surface area contributed by atoms with E-state index in [0.717, 1.165) is 74.8 Å². The first kappa shape index (κ1) is 23.0. The van der Waals surface area contributed by atoms with Gasteiger partial charge in [0.25, 0.3) is 0 Å². The van der Waals surface area contributed by atoms with Crippen molar-refractivity contribution in [3.8, 4) is 0 Å². The van der Waals surface area contributed by atoms with Gasteiger partial charge in [0.15, 0.2) is 5.11 Å². The number of pyridine rings is 1. The van der Waals surface area contributed by atoms with Gasteiger partial charge in [0.05, 0.1) is 5.52 Å². The van der Waals surface area contributed by atoms with E-state index >= 15 is 0 Å². The Morgan fingerprint density at radius 3 is 2.56 bits per heavy atom. The molecule has 0 aliphatic carbocycles. The fourth-order valence-corrected chi connectivity index (χ4v) is 5.07. The zero-order valence-corrected chi connectivity index (χ0v) is 20.5. The summed E-state index contributed by atoms with van der Waals surface area (Å²) in [4.78, 5) is 9.76. The second-order valence-electron chi connectivity index (χ2n) is 9.35. The van der Waals surface area contributed by atoms with Gasteiger partial charge in [0.2, 0.25) is 0 Å². The molecule has 0 radical (unpaired) electrons. The van der Waals surface area contributed by atoms with Crippen LogP contribution >= 0.6 is 12.2 Å². The quantitative estimate of drug-likeness (QED) is 0.469. The standard InChI is InChI=1S/C27H34N6S/c34-27(29-19-21-10-14-32(15-11-21)20-22-4-2-1-3-5-22)30-24-7-8-25-23(18-24)6-9-26(31-25)33-16-12-28-13-17-33/h1-9,18,21,28H,10-17,19-20H2,(H2,29,30,34). The molecule has 2 aromatic carbocycles. The number of benzene rings is 2. The molecule has 0 unspecified atom stereocenters. The largest absolute Gasteiger partial charge is 0.362 e. The van der Waals surface area contributed by atoms with Crippen LogP contribution in [0.1, 0.15) is 18.4 Å². The molecule has 3 heterocycles. The molecule has 1 aromatic heterocycles. The molecule has 3 aromatic rings. The molecule has 34 heavy (non-hydrogen) atoms. The molecule has 7 heteroatoms. The van der Waals surface area contributed by atoms with Crippen LogP contribution in [0.2, 0.25) is 0 Å². The van der Waals surface area contributed by atoms with Crippen molar-refractivity contribution in [3.05, 3.63) is 66.2 Å². The van der Waals surface area contributed by atoms with Gasteiger partial charge in [-0.1, -0.05) is 30.3 Å². The lowest BCUT2D eigenvalue weighted by molar-refractivity contribution is 0.178. The van der Waals surface area contributed by atoms with Crippen LogP contribution in [0.25, 0.3) is 10.9 Å². The maximum atomic E-state index is 5.58. The van der Waals surface area contributed by atoms with Crippen molar-refractivity contribution in [1.29, 1.82) is 0 Å². The Balaban J connectivity index is 1.08. The van der Waals surface area contributed by atoms with Crippen LogP contribution in [0, 0.1) is 5.92 Å². The number of anilines is 2. The van der Waals surface area contributed by atoms with Crippen molar-refractivity contribution >= 4 is 39.7 Å². The lowest BCUT2D eigenvalue weighted by atomic mass is 9.96. The Morgan fingerprint density at radius 2 is 1.76 bits per heavy atom. The summed E-state index contributed by atoms with van der Waals surface area (Å²) in [5.41, 5.74) is 3.41. The number of hydrogen-bond donors (Lipinski definition) is 3. The number of piperazine rings is 1. The third-order valence-corrected chi connectivity index (χ3v) is 7.13. The van der Waals surface area contributed by atoms with Crippen LogP contribution in [-0.2, 0) is 6.54 Å². The zero-order valence-electron chi connectivity index (χ0n) is 19.7. The molecule has 0 amide bonds. The van der Waals surface area contributed by atoms with Gasteiger partial charge in [-0.2, -0.15) is 0 Å². The van der Waals surface area contributed by atoms with E-state index in [1.165, 1.54) is 18.4 Å². The van der Waals surface area contributed by atoms with Crippen molar-refractivity contribution in [3.63, 3.8) is 0 Å². The Labute approximate surface area is 207 Å². The summed E-state index contributed by atoms with van der Waals surface area (Å²) in [6.45, 7) is 8.31. The average molecular weight is 475 g/mol. The van der Waals surface area contributed by atoms with E-state index in [0.29, 0.717) is 11.0 Å². The van der Waals surface area contributed by atoms with Crippen molar-refractivity contribution in [2.75, 3.05) is 56.0 Å². The topological polar surface area (TPSA) is 55.5 Å². The third kappa shape index (κ3) is 6.03. The predicted molar refractivity (Wildman–Crippen MR) is 145 cm³/mol. The monoisotopic (exact) mass is 474 g/mol. The minimum absolute atomic E-state index is 0.663. The number of aromatic nitrogens is 1. The Bertz CT molecular complexity index is 1090. The molecule has 6 nitrogen and oxygen atoms in total. The summed E-state index contributed by atoms with van der Waals surface area (Å²) in [5.74, 6) is 1.72. The minimum Gasteiger partial charge on any atom is -0.362 e. The van der Waals surface area contributed by atoms with E-state index in [1.807, 2.05) is 0 Å². The number of fused-ring (bicyclic) bond motifs is 1. The first-order valence-electron chi connectivity index (χ1n) is 12.4. The first-order valence-corrected chi connectivity index (χ1v) is 12.8. The molecular formula is C27H34N6S. The van der Waals surface area contributed by atoms with Crippen LogP contribution in [-0.4, -0.2) is 60.8 Å². The second kappa shape index (κ2) is 11.1. The first-order chi connectivity index (χ1) is 16.7. The molecule has 2 aliphatic heterocycles. The number of thiocarbonyl (C=S) groups is 1. The predicted octanol–water partition coefficient (Wildman–Crippen LogP) is 3.84. The van der Waals surface area contributed by atoms with Crippen LogP contribution in [0.3, 0.4) is 0 Å². The van der Waals surface area contributed by atoms with Gasteiger partial charge in [-0.15, -0.1) is 0 Å². The van der Waals surface area contributed by atoms with Crippen LogP contribution < -0.4 is 20.9 Å². The number of hydrogen-bond acceptors (Lipinski definition) is 5. The van der Waals surface area contributed by atoms with Crippen molar-refractivity contribution in [2.24, 2.45) is 5.92 Å². The van der Waals surface area contributed by atoms with Gasteiger partial charge in [0.1, 0.15) is 5.82 Å².